The summed E-state index contributed by atoms with van der Waals surface area (Å²) in [5.74, 6) is 0.293. The number of aryl methyl sites for hydroxylation is 1. The SMILES string of the molecule is COCc1c(C(=O)N2C[C@@H]3CN(C(C)=O)C[C@]3(C(=O)N3CCCC3)C2)noc1C. The minimum Gasteiger partial charge on any atom is -0.380 e. The number of rotatable bonds is 4. The minimum absolute atomic E-state index is 0.0274. The first-order valence-electron chi connectivity index (χ1n) is 10.2. The van der Waals surface area contributed by atoms with Crippen LogP contribution in [0.4, 0.5) is 0 Å². The molecule has 2 atom stereocenters. The maximum absolute atomic E-state index is 13.5. The molecule has 9 heteroatoms. The lowest BCUT2D eigenvalue weighted by Crippen LogP contribution is -2.49. The van der Waals surface area contributed by atoms with Gasteiger partial charge >= 0.3 is 0 Å². The Balaban J connectivity index is 1.61. The highest BCUT2D eigenvalue weighted by molar-refractivity contribution is 5.95. The fourth-order valence-corrected chi connectivity index (χ4v) is 5.02. The summed E-state index contributed by atoms with van der Waals surface area (Å²) < 4.78 is 10.4. The number of ether oxygens (including phenoxy) is 1. The molecule has 0 bridgehead atoms. The van der Waals surface area contributed by atoms with E-state index in [0.29, 0.717) is 37.5 Å². The molecule has 3 aliphatic heterocycles. The molecule has 3 aliphatic rings. The van der Waals surface area contributed by atoms with E-state index in [-0.39, 0.29) is 35.9 Å². The predicted molar refractivity (Wildman–Crippen MR) is 102 cm³/mol. The standard InChI is InChI=1S/C20H28N4O5/c1-13-16(10-28-3)17(21-29-13)18(26)24-9-15-8-23(14(2)25)11-20(15,12-24)19(27)22-6-4-5-7-22/h15H,4-12H2,1-3H3/t15-,20-/m0/s1. The van der Waals surface area contributed by atoms with Crippen LogP contribution in [0, 0.1) is 18.3 Å². The van der Waals surface area contributed by atoms with Crippen molar-refractivity contribution in [3.05, 3.63) is 17.0 Å². The van der Waals surface area contributed by atoms with Gasteiger partial charge in [-0.3, -0.25) is 14.4 Å². The maximum atomic E-state index is 13.5. The molecule has 0 aliphatic carbocycles. The summed E-state index contributed by atoms with van der Waals surface area (Å²) in [6.07, 6.45) is 2.01. The fraction of sp³-hybridized carbons (Fsp3) is 0.700. The lowest BCUT2D eigenvalue weighted by molar-refractivity contribution is -0.141. The summed E-state index contributed by atoms with van der Waals surface area (Å²) in [7, 11) is 1.56. The van der Waals surface area contributed by atoms with E-state index in [1.165, 1.54) is 6.92 Å². The molecular formula is C20H28N4O5. The zero-order chi connectivity index (χ0) is 20.8. The van der Waals surface area contributed by atoms with Crippen molar-refractivity contribution < 1.29 is 23.6 Å². The molecule has 0 N–H and O–H groups in total. The highest BCUT2D eigenvalue weighted by Crippen LogP contribution is 2.45. The van der Waals surface area contributed by atoms with Crippen molar-refractivity contribution in [1.82, 2.24) is 19.9 Å². The van der Waals surface area contributed by atoms with E-state index in [0.717, 1.165) is 25.9 Å². The van der Waals surface area contributed by atoms with Gasteiger partial charge in [-0.15, -0.1) is 0 Å². The summed E-state index contributed by atoms with van der Waals surface area (Å²) >= 11 is 0. The van der Waals surface area contributed by atoms with Crippen molar-refractivity contribution in [1.29, 1.82) is 0 Å². The zero-order valence-electron chi connectivity index (χ0n) is 17.3. The normalized spacial score (nSPS) is 26.3. The van der Waals surface area contributed by atoms with Crippen LogP contribution in [0.2, 0.25) is 0 Å². The molecule has 4 heterocycles. The van der Waals surface area contributed by atoms with Crippen molar-refractivity contribution >= 4 is 17.7 Å². The molecule has 3 amide bonds. The number of carbonyl (C=O) groups is 3. The quantitative estimate of drug-likeness (QED) is 0.732. The number of hydrogen-bond donors (Lipinski definition) is 0. The van der Waals surface area contributed by atoms with Gasteiger partial charge in [0.15, 0.2) is 5.69 Å². The van der Waals surface area contributed by atoms with E-state index >= 15 is 0 Å². The third-order valence-corrected chi connectivity index (χ3v) is 6.64. The van der Waals surface area contributed by atoms with Crippen LogP contribution in [0.3, 0.4) is 0 Å². The molecule has 9 nitrogen and oxygen atoms in total. The van der Waals surface area contributed by atoms with Gasteiger partial charge < -0.3 is 24.0 Å². The van der Waals surface area contributed by atoms with Crippen molar-refractivity contribution in [2.24, 2.45) is 11.3 Å². The van der Waals surface area contributed by atoms with Crippen LogP contribution in [0.5, 0.6) is 0 Å². The van der Waals surface area contributed by atoms with Gasteiger partial charge in [-0.05, 0) is 19.8 Å². The second-order valence-electron chi connectivity index (χ2n) is 8.44. The molecule has 29 heavy (non-hydrogen) atoms. The van der Waals surface area contributed by atoms with E-state index in [1.807, 2.05) is 4.90 Å². The van der Waals surface area contributed by atoms with Crippen LogP contribution in [0.1, 0.15) is 41.6 Å². The van der Waals surface area contributed by atoms with E-state index in [2.05, 4.69) is 5.16 Å². The Morgan fingerprint density at radius 1 is 1.14 bits per heavy atom. The molecule has 0 aromatic carbocycles. The second-order valence-corrected chi connectivity index (χ2v) is 8.44. The summed E-state index contributed by atoms with van der Waals surface area (Å²) in [4.78, 5) is 44.1. The van der Waals surface area contributed by atoms with Crippen molar-refractivity contribution in [3.8, 4) is 0 Å². The van der Waals surface area contributed by atoms with E-state index in [9.17, 15) is 14.4 Å². The third-order valence-electron chi connectivity index (χ3n) is 6.64. The lowest BCUT2D eigenvalue weighted by atomic mass is 9.79. The Hall–Kier alpha value is -2.42. The Labute approximate surface area is 169 Å². The van der Waals surface area contributed by atoms with Crippen LogP contribution in [-0.4, -0.2) is 84.0 Å². The lowest BCUT2D eigenvalue weighted by Gasteiger charge is -2.32. The molecule has 0 spiro atoms. The number of methoxy groups -OCH3 is 1. The molecule has 3 fully saturated rings. The van der Waals surface area contributed by atoms with Crippen molar-refractivity contribution in [2.45, 2.75) is 33.3 Å². The molecule has 0 radical (unpaired) electrons. The van der Waals surface area contributed by atoms with Crippen LogP contribution in [0.15, 0.2) is 4.52 Å². The number of hydrogen-bond acceptors (Lipinski definition) is 6. The number of likely N-dealkylation sites (tertiary alicyclic amines) is 3. The van der Waals surface area contributed by atoms with Gasteiger partial charge in [0.2, 0.25) is 11.8 Å². The van der Waals surface area contributed by atoms with Gasteiger partial charge in [0, 0.05) is 59.2 Å². The topological polar surface area (TPSA) is 96.2 Å². The van der Waals surface area contributed by atoms with E-state index < -0.39 is 5.41 Å². The molecule has 3 saturated heterocycles. The predicted octanol–water partition coefficient (Wildman–Crippen LogP) is 0.672. The van der Waals surface area contributed by atoms with Crippen LogP contribution in [-0.2, 0) is 20.9 Å². The second kappa shape index (κ2) is 7.44. The van der Waals surface area contributed by atoms with Crippen molar-refractivity contribution in [3.63, 3.8) is 0 Å². The van der Waals surface area contributed by atoms with E-state index in [4.69, 9.17) is 9.26 Å². The number of fused-ring (bicyclic) bond motifs is 1. The zero-order valence-corrected chi connectivity index (χ0v) is 17.3. The Kier molecular flexibility index (Phi) is 5.10. The average molecular weight is 404 g/mol. The Morgan fingerprint density at radius 2 is 1.79 bits per heavy atom. The minimum atomic E-state index is -0.730. The summed E-state index contributed by atoms with van der Waals surface area (Å²) in [5, 5.41) is 3.95. The molecule has 1 aromatic heterocycles. The van der Waals surface area contributed by atoms with Gasteiger partial charge in [0.05, 0.1) is 17.6 Å². The van der Waals surface area contributed by atoms with Gasteiger partial charge in [-0.2, -0.15) is 0 Å². The highest BCUT2D eigenvalue weighted by Gasteiger charge is 2.60. The summed E-state index contributed by atoms with van der Waals surface area (Å²) in [5.41, 5.74) is 0.155. The van der Waals surface area contributed by atoms with Gasteiger partial charge in [-0.1, -0.05) is 5.16 Å². The van der Waals surface area contributed by atoms with Crippen molar-refractivity contribution in [2.75, 3.05) is 46.4 Å². The third kappa shape index (κ3) is 3.21. The van der Waals surface area contributed by atoms with Crippen LogP contribution >= 0.6 is 0 Å². The summed E-state index contributed by atoms with van der Waals surface area (Å²) in [6, 6.07) is 0. The first-order valence-corrected chi connectivity index (χ1v) is 10.2. The van der Waals surface area contributed by atoms with Crippen LogP contribution < -0.4 is 0 Å². The maximum Gasteiger partial charge on any atom is 0.276 e. The highest BCUT2D eigenvalue weighted by atomic mass is 16.5. The summed E-state index contributed by atoms with van der Waals surface area (Å²) in [6.45, 7) is 6.63. The Morgan fingerprint density at radius 3 is 2.45 bits per heavy atom. The molecule has 4 rings (SSSR count). The number of aromatic nitrogens is 1. The van der Waals surface area contributed by atoms with Crippen LogP contribution in [0.25, 0.3) is 0 Å². The number of amides is 3. The first kappa shape index (κ1) is 19.9. The molecule has 0 saturated carbocycles. The first-order chi connectivity index (χ1) is 13.9. The monoisotopic (exact) mass is 404 g/mol. The van der Waals surface area contributed by atoms with E-state index in [1.54, 1.807) is 23.8 Å². The number of nitrogens with zero attached hydrogens (tertiary/aromatic N) is 4. The molecular weight excluding hydrogens is 376 g/mol. The average Bonchev–Trinajstić information content (AvgIpc) is 3.44. The van der Waals surface area contributed by atoms with Gasteiger partial charge in [-0.25, -0.2) is 0 Å². The largest absolute Gasteiger partial charge is 0.380 e. The molecule has 158 valence electrons. The fourth-order valence-electron chi connectivity index (χ4n) is 5.02. The van der Waals surface area contributed by atoms with Gasteiger partial charge in [0.25, 0.3) is 5.91 Å². The number of carbonyl (C=O) groups excluding carboxylic acids is 3. The molecule has 0 unspecified atom stereocenters. The van der Waals surface area contributed by atoms with Gasteiger partial charge in [0.1, 0.15) is 5.76 Å². The Bertz CT molecular complexity index is 831. The smallest absolute Gasteiger partial charge is 0.276 e. The molecule has 1 aromatic rings.